The first-order chi connectivity index (χ1) is 8.91. The Hall–Kier alpha value is -1.10. The van der Waals surface area contributed by atoms with Crippen LogP contribution < -0.4 is 16.0 Å². The van der Waals surface area contributed by atoms with Crippen molar-refractivity contribution in [1.29, 1.82) is 0 Å². The third kappa shape index (κ3) is 2.91. The number of carbonyl (C=O) groups excluding carboxylic acids is 2. The van der Waals surface area contributed by atoms with E-state index in [4.69, 9.17) is 0 Å². The topological polar surface area (TPSA) is 70.2 Å². The molecule has 2 fully saturated rings. The van der Waals surface area contributed by atoms with Crippen molar-refractivity contribution >= 4 is 11.8 Å². The van der Waals surface area contributed by atoms with Gasteiger partial charge in [-0.1, -0.05) is 0 Å². The minimum Gasteiger partial charge on any atom is -0.359 e. The molecular weight excluding hydrogens is 242 g/mol. The summed E-state index contributed by atoms with van der Waals surface area (Å²) in [6, 6.07) is 0. The van der Waals surface area contributed by atoms with E-state index in [-0.39, 0.29) is 23.1 Å². The van der Waals surface area contributed by atoms with E-state index in [0.29, 0.717) is 6.54 Å². The molecule has 0 bridgehead atoms. The van der Waals surface area contributed by atoms with Crippen molar-refractivity contribution in [3.05, 3.63) is 0 Å². The molecule has 1 unspecified atom stereocenters. The highest BCUT2D eigenvalue weighted by atomic mass is 16.2. The molecule has 108 valence electrons. The third-order valence-electron chi connectivity index (χ3n) is 4.65. The van der Waals surface area contributed by atoms with Crippen LogP contribution in [0.1, 0.15) is 33.1 Å². The molecule has 1 saturated heterocycles. The molecule has 1 aliphatic carbocycles. The van der Waals surface area contributed by atoms with Crippen LogP contribution >= 0.6 is 0 Å². The second kappa shape index (κ2) is 5.12. The van der Waals surface area contributed by atoms with E-state index in [1.54, 1.807) is 7.05 Å². The molecule has 0 aromatic carbocycles. The highest BCUT2D eigenvalue weighted by Gasteiger charge is 2.57. The molecule has 5 heteroatoms. The first kappa shape index (κ1) is 14.3. The summed E-state index contributed by atoms with van der Waals surface area (Å²) in [7, 11) is 1.62. The predicted molar refractivity (Wildman–Crippen MR) is 73.5 cm³/mol. The van der Waals surface area contributed by atoms with Gasteiger partial charge in [-0.15, -0.1) is 0 Å². The van der Waals surface area contributed by atoms with Gasteiger partial charge in [-0.05, 0) is 51.6 Å². The number of hydrogen-bond donors (Lipinski definition) is 3. The van der Waals surface area contributed by atoms with Crippen molar-refractivity contribution < 1.29 is 9.59 Å². The Labute approximate surface area is 114 Å². The minimum absolute atomic E-state index is 0.0415. The fourth-order valence-corrected chi connectivity index (χ4v) is 3.05. The van der Waals surface area contributed by atoms with Gasteiger partial charge in [-0.25, -0.2) is 0 Å². The Balaban J connectivity index is 1.81. The van der Waals surface area contributed by atoms with Gasteiger partial charge in [0.15, 0.2) is 0 Å². The van der Waals surface area contributed by atoms with Gasteiger partial charge >= 0.3 is 0 Å². The Morgan fingerprint density at radius 1 is 1.32 bits per heavy atom. The number of nitrogens with one attached hydrogen (secondary N) is 3. The van der Waals surface area contributed by atoms with Crippen LogP contribution in [-0.2, 0) is 9.59 Å². The summed E-state index contributed by atoms with van der Waals surface area (Å²) < 4.78 is 0. The van der Waals surface area contributed by atoms with Crippen LogP contribution in [0.5, 0.6) is 0 Å². The fraction of sp³-hybridized carbons (Fsp3) is 0.857. The zero-order valence-corrected chi connectivity index (χ0v) is 12.1. The van der Waals surface area contributed by atoms with E-state index in [1.807, 2.05) is 13.8 Å². The first-order valence-electron chi connectivity index (χ1n) is 7.12. The second-order valence-electron chi connectivity index (χ2n) is 6.55. The predicted octanol–water partition coefficient (Wildman–Crippen LogP) is 0.265. The number of hydrogen-bond acceptors (Lipinski definition) is 3. The third-order valence-corrected chi connectivity index (χ3v) is 4.65. The molecular formula is C14H25N3O2. The Morgan fingerprint density at radius 3 is 2.53 bits per heavy atom. The summed E-state index contributed by atoms with van der Waals surface area (Å²) in [6.45, 7) is 6.13. The first-order valence-corrected chi connectivity index (χ1v) is 7.12. The molecule has 5 nitrogen and oxygen atoms in total. The number of carbonyl (C=O) groups is 2. The number of amides is 2. The molecule has 2 aliphatic rings. The quantitative estimate of drug-likeness (QED) is 0.684. The highest BCUT2D eigenvalue weighted by molar-refractivity contribution is 5.85. The van der Waals surface area contributed by atoms with Crippen molar-refractivity contribution in [2.24, 2.45) is 16.7 Å². The zero-order chi connectivity index (χ0) is 14.1. The maximum Gasteiger partial charge on any atom is 0.227 e. The molecule has 2 amide bonds. The summed E-state index contributed by atoms with van der Waals surface area (Å²) in [5.41, 5.74) is -0.299. The molecule has 0 aromatic rings. The van der Waals surface area contributed by atoms with Crippen LogP contribution in [-0.4, -0.2) is 38.5 Å². The Morgan fingerprint density at radius 2 is 1.95 bits per heavy atom. The van der Waals surface area contributed by atoms with E-state index < -0.39 is 5.41 Å². The van der Waals surface area contributed by atoms with Gasteiger partial charge in [-0.2, -0.15) is 0 Å². The molecule has 19 heavy (non-hydrogen) atoms. The van der Waals surface area contributed by atoms with Gasteiger partial charge in [0.05, 0.1) is 5.41 Å². The summed E-state index contributed by atoms with van der Waals surface area (Å²) in [5.74, 6) is 0.245. The molecule has 2 rings (SSSR count). The average Bonchev–Trinajstić information content (AvgIpc) is 3.09. The van der Waals surface area contributed by atoms with Crippen molar-refractivity contribution in [3.63, 3.8) is 0 Å². The number of piperidine rings is 1. The van der Waals surface area contributed by atoms with E-state index in [1.165, 1.54) is 0 Å². The van der Waals surface area contributed by atoms with Crippen LogP contribution in [0.15, 0.2) is 0 Å². The normalized spacial score (nSPS) is 24.9. The van der Waals surface area contributed by atoms with E-state index in [9.17, 15) is 9.59 Å². The van der Waals surface area contributed by atoms with Gasteiger partial charge in [0.2, 0.25) is 11.8 Å². The lowest BCUT2D eigenvalue weighted by Crippen LogP contribution is -2.44. The Kier molecular flexibility index (Phi) is 3.85. The highest BCUT2D eigenvalue weighted by Crippen LogP contribution is 2.58. The van der Waals surface area contributed by atoms with E-state index in [2.05, 4.69) is 16.0 Å². The zero-order valence-electron chi connectivity index (χ0n) is 12.1. The lowest BCUT2D eigenvalue weighted by molar-refractivity contribution is -0.129. The molecule has 1 heterocycles. The molecule has 1 atom stereocenters. The van der Waals surface area contributed by atoms with Crippen molar-refractivity contribution in [1.82, 2.24) is 16.0 Å². The standard InChI is InChI=1S/C14H25N3O2/c1-13(2,12(19)15-3)9-17-11(18)10-8-14(10)4-6-16-7-5-14/h10,16H,4-9H2,1-3H3,(H,15,19)(H,17,18). The van der Waals surface area contributed by atoms with Gasteiger partial charge in [0, 0.05) is 19.5 Å². The van der Waals surface area contributed by atoms with Gasteiger partial charge in [0.1, 0.15) is 0 Å². The summed E-state index contributed by atoms with van der Waals surface area (Å²) in [6.07, 6.45) is 3.22. The van der Waals surface area contributed by atoms with Crippen molar-refractivity contribution in [2.45, 2.75) is 33.1 Å². The molecule has 0 radical (unpaired) electrons. The van der Waals surface area contributed by atoms with Gasteiger partial charge < -0.3 is 16.0 Å². The van der Waals surface area contributed by atoms with E-state index >= 15 is 0 Å². The second-order valence-corrected chi connectivity index (χ2v) is 6.55. The molecule has 1 saturated carbocycles. The van der Waals surface area contributed by atoms with Crippen LogP contribution in [0.2, 0.25) is 0 Å². The minimum atomic E-state index is -0.555. The fourth-order valence-electron chi connectivity index (χ4n) is 3.05. The summed E-state index contributed by atoms with van der Waals surface area (Å²) in [5, 5.41) is 8.92. The molecule has 3 N–H and O–H groups in total. The number of rotatable bonds is 4. The van der Waals surface area contributed by atoms with E-state index in [0.717, 1.165) is 32.4 Å². The van der Waals surface area contributed by atoms with Crippen molar-refractivity contribution in [2.75, 3.05) is 26.7 Å². The van der Waals surface area contributed by atoms with Crippen molar-refractivity contribution in [3.8, 4) is 0 Å². The SMILES string of the molecule is CNC(=O)C(C)(C)CNC(=O)C1CC12CCNCC2. The monoisotopic (exact) mass is 267 g/mol. The maximum absolute atomic E-state index is 12.2. The van der Waals surface area contributed by atoms with Crippen LogP contribution in [0.4, 0.5) is 0 Å². The van der Waals surface area contributed by atoms with Crippen LogP contribution in [0.3, 0.4) is 0 Å². The molecule has 0 aromatic heterocycles. The molecule has 1 spiro atoms. The summed E-state index contributed by atoms with van der Waals surface area (Å²) in [4.78, 5) is 23.8. The lowest BCUT2D eigenvalue weighted by Gasteiger charge is -2.25. The maximum atomic E-state index is 12.2. The lowest BCUT2D eigenvalue weighted by atomic mass is 9.90. The van der Waals surface area contributed by atoms with Crippen LogP contribution in [0, 0.1) is 16.7 Å². The smallest absolute Gasteiger partial charge is 0.227 e. The summed E-state index contributed by atoms with van der Waals surface area (Å²) >= 11 is 0. The van der Waals surface area contributed by atoms with Gasteiger partial charge in [0.25, 0.3) is 0 Å². The van der Waals surface area contributed by atoms with Gasteiger partial charge in [-0.3, -0.25) is 9.59 Å². The average molecular weight is 267 g/mol. The van der Waals surface area contributed by atoms with Crippen LogP contribution in [0.25, 0.3) is 0 Å². The largest absolute Gasteiger partial charge is 0.359 e. The molecule has 1 aliphatic heterocycles. The Bertz CT molecular complexity index is 373.